The Morgan fingerprint density at radius 2 is 1.73 bits per heavy atom. The Morgan fingerprint density at radius 3 is 2.31 bits per heavy atom. The summed E-state index contributed by atoms with van der Waals surface area (Å²) in [5.74, 6) is 1.53. The zero-order chi connectivity index (χ0) is 18.4. The molecule has 1 atom stereocenters. The summed E-state index contributed by atoms with van der Waals surface area (Å²) in [4.78, 5) is 12.5. The number of benzene rings is 1. The first-order valence-corrected chi connectivity index (χ1v) is 10.7. The molecule has 0 amide bonds. The van der Waals surface area contributed by atoms with Crippen molar-refractivity contribution in [2.75, 3.05) is 0 Å². The van der Waals surface area contributed by atoms with Crippen LogP contribution in [0.2, 0.25) is 0 Å². The lowest BCUT2D eigenvalue weighted by molar-refractivity contribution is 0.0161. The molecule has 2 heteroatoms. The van der Waals surface area contributed by atoms with Gasteiger partial charge in [-0.3, -0.25) is 0 Å². The average molecular weight is 355 g/mol. The van der Waals surface area contributed by atoms with Gasteiger partial charge in [-0.2, -0.15) is 0 Å². The molecule has 0 aliphatic heterocycles. The van der Waals surface area contributed by atoms with Crippen molar-refractivity contribution >= 4 is 11.5 Å². The van der Waals surface area contributed by atoms with Crippen LogP contribution >= 0.6 is 0 Å². The Balaban J connectivity index is 1.52. The molecule has 26 heavy (non-hydrogen) atoms. The average Bonchev–Trinajstić information content (AvgIpc) is 2.70. The third-order valence-corrected chi connectivity index (χ3v) is 6.35. The summed E-state index contributed by atoms with van der Waals surface area (Å²) in [6.07, 6.45) is 14.5. The van der Waals surface area contributed by atoms with E-state index in [1.807, 2.05) is 12.1 Å². The highest BCUT2D eigenvalue weighted by atomic mass is 16.5. The molecule has 0 saturated heterocycles. The van der Waals surface area contributed by atoms with Gasteiger partial charge in [0, 0.05) is 0 Å². The van der Waals surface area contributed by atoms with Crippen molar-refractivity contribution in [3.63, 3.8) is 0 Å². The SMILES string of the molecule is CCC[C@H]1CC[C@H](OC(=O)c2ccc(C3=CCC(CC)CC3)cc2)CC1. The van der Waals surface area contributed by atoms with Crippen LogP contribution in [-0.2, 0) is 4.74 Å². The van der Waals surface area contributed by atoms with E-state index in [4.69, 9.17) is 4.74 Å². The van der Waals surface area contributed by atoms with Crippen LogP contribution in [0.1, 0.15) is 94.0 Å². The molecule has 2 aliphatic carbocycles. The van der Waals surface area contributed by atoms with Gasteiger partial charge in [-0.05, 0) is 80.1 Å². The molecule has 142 valence electrons. The van der Waals surface area contributed by atoms with Crippen molar-refractivity contribution < 1.29 is 9.53 Å². The van der Waals surface area contributed by atoms with E-state index in [-0.39, 0.29) is 12.1 Å². The first-order chi connectivity index (χ1) is 12.7. The van der Waals surface area contributed by atoms with Crippen LogP contribution < -0.4 is 0 Å². The van der Waals surface area contributed by atoms with Crippen molar-refractivity contribution in [2.45, 2.75) is 84.2 Å². The molecular formula is C24H34O2. The van der Waals surface area contributed by atoms with Crippen LogP contribution in [0.5, 0.6) is 0 Å². The Kier molecular flexibility index (Phi) is 6.93. The van der Waals surface area contributed by atoms with Gasteiger partial charge in [-0.25, -0.2) is 4.79 Å². The summed E-state index contributed by atoms with van der Waals surface area (Å²) >= 11 is 0. The van der Waals surface area contributed by atoms with Crippen LogP contribution in [0.4, 0.5) is 0 Å². The predicted molar refractivity (Wildman–Crippen MR) is 108 cm³/mol. The summed E-state index contributed by atoms with van der Waals surface area (Å²) in [6.45, 7) is 4.53. The van der Waals surface area contributed by atoms with Gasteiger partial charge < -0.3 is 4.74 Å². The Morgan fingerprint density at radius 1 is 1.00 bits per heavy atom. The van der Waals surface area contributed by atoms with E-state index in [1.165, 1.54) is 56.1 Å². The van der Waals surface area contributed by atoms with Crippen molar-refractivity contribution in [1.82, 2.24) is 0 Å². The third kappa shape index (κ3) is 4.99. The van der Waals surface area contributed by atoms with Crippen LogP contribution in [0.3, 0.4) is 0 Å². The van der Waals surface area contributed by atoms with Gasteiger partial charge in [-0.1, -0.05) is 51.3 Å². The van der Waals surface area contributed by atoms with E-state index < -0.39 is 0 Å². The first kappa shape index (κ1) is 19.2. The molecule has 2 nitrogen and oxygen atoms in total. The monoisotopic (exact) mass is 354 g/mol. The second-order valence-corrected chi connectivity index (χ2v) is 8.19. The van der Waals surface area contributed by atoms with Crippen molar-refractivity contribution in [2.24, 2.45) is 11.8 Å². The Labute approximate surface area is 159 Å². The van der Waals surface area contributed by atoms with Crippen LogP contribution in [0.25, 0.3) is 5.57 Å². The summed E-state index contributed by atoms with van der Waals surface area (Å²) in [7, 11) is 0. The van der Waals surface area contributed by atoms with Crippen LogP contribution in [-0.4, -0.2) is 12.1 Å². The van der Waals surface area contributed by atoms with Gasteiger partial charge in [0.15, 0.2) is 0 Å². The summed E-state index contributed by atoms with van der Waals surface area (Å²) in [5.41, 5.74) is 3.38. The van der Waals surface area contributed by atoms with E-state index in [0.29, 0.717) is 5.56 Å². The maximum atomic E-state index is 12.5. The fourth-order valence-corrected chi connectivity index (χ4v) is 4.51. The lowest BCUT2D eigenvalue weighted by atomic mass is 9.84. The Bertz CT molecular complexity index is 606. The zero-order valence-corrected chi connectivity index (χ0v) is 16.5. The van der Waals surface area contributed by atoms with E-state index in [2.05, 4.69) is 32.1 Å². The predicted octanol–water partition coefficient (Wildman–Crippen LogP) is 6.80. The minimum Gasteiger partial charge on any atom is -0.459 e. The molecule has 1 aromatic rings. The molecule has 0 aromatic heterocycles. The maximum Gasteiger partial charge on any atom is 0.338 e. The molecule has 0 heterocycles. The molecule has 1 unspecified atom stereocenters. The second kappa shape index (κ2) is 9.39. The number of rotatable bonds is 6. The zero-order valence-electron chi connectivity index (χ0n) is 16.5. The normalized spacial score (nSPS) is 26.2. The van der Waals surface area contributed by atoms with Gasteiger partial charge in [0.25, 0.3) is 0 Å². The summed E-state index contributed by atoms with van der Waals surface area (Å²) in [6, 6.07) is 8.06. The smallest absolute Gasteiger partial charge is 0.338 e. The highest BCUT2D eigenvalue weighted by Crippen LogP contribution is 2.32. The summed E-state index contributed by atoms with van der Waals surface area (Å²) < 4.78 is 5.76. The van der Waals surface area contributed by atoms with Crippen molar-refractivity contribution in [3.05, 3.63) is 41.5 Å². The number of hydrogen-bond donors (Lipinski definition) is 0. The van der Waals surface area contributed by atoms with Gasteiger partial charge in [-0.15, -0.1) is 0 Å². The van der Waals surface area contributed by atoms with E-state index in [9.17, 15) is 4.79 Å². The topological polar surface area (TPSA) is 26.3 Å². The van der Waals surface area contributed by atoms with Gasteiger partial charge in [0.05, 0.1) is 5.56 Å². The second-order valence-electron chi connectivity index (χ2n) is 8.19. The number of esters is 1. The number of carbonyl (C=O) groups excluding carboxylic acids is 1. The minimum atomic E-state index is -0.154. The Hall–Kier alpha value is -1.57. The molecule has 1 saturated carbocycles. The fraction of sp³-hybridized carbons (Fsp3) is 0.625. The molecule has 0 radical (unpaired) electrons. The lowest BCUT2D eigenvalue weighted by Gasteiger charge is -2.28. The maximum absolute atomic E-state index is 12.5. The molecule has 0 spiro atoms. The van der Waals surface area contributed by atoms with Crippen molar-refractivity contribution in [3.8, 4) is 0 Å². The number of carbonyl (C=O) groups is 1. The molecule has 1 fully saturated rings. The van der Waals surface area contributed by atoms with Gasteiger partial charge in [0.1, 0.15) is 6.10 Å². The third-order valence-electron chi connectivity index (χ3n) is 6.35. The highest BCUT2D eigenvalue weighted by molar-refractivity contribution is 5.90. The highest BCUT2D eigenvalue weighted by Gasteiger charge is 2.24. The molecular weight excluding hydrogens is 320 g/mol. The number of ether oxygens (including phenoxy) is 1. The van der Waals surface area contributed by atoms with Crippen LogP contribution in [0, 0.1) is 11.8 Å². The molecule has 0 bridgehead atoms. The van der Waals surface area contributed by atoms with E-state index in [1.54, 1.807) is 0 Å². The van der Waals surface area contributed by atoms with E-state index >= 15 is 0 Å². The number of hydrogen-bond acceptors (Lipinski definition) is 2. The molecule has 0 N–H and O–H groups in total. The van der Waals surface area contributed by atoms with Gasteiger partial charge in [0.2, 0.25) is 0 Å². The largest absolute Gasteiger partial charge is 0.459 e. The summed E-state index contributed by atoms with van der Waals surface area (Å²) in [5, 5.41) is 0. The first-order valence-electron chi connectivity index (χ1n) is 10.7. The van der Waals surface area contributed by atoms with Crippen LogP contribution in [0.15, 0.2) is 30.3 Å². The van der Waals surface area contributed by atoms with E-state index in [0.717, 1.165) is 31.1 Å². The van der Waals surface area contributed by atoms with Crippen molar-refractivity contribution in [1.29, 1.82) is 0 Å². The quantitative estimate of drug-likeness (QED) is 0.525. The standard InChI is InChI=1S/C24H34O2/c1-3-5-19-8-16-23(17-9-19)26-24(25)22-14-12-21(13-15-22)20-10-6-18(4-2)7-11-20/h10,12-15,18-19,23H,3-9,11,16-17H2,1-2H3/t18?,19-,23-. The lowest BCUT2D eigenvalue weighted by Crippen LogP contribution is -2.24. The molecule has 3 rings (SSSR count). The minimum absolute atomic E-state index is 0.113. The number of allylic oxidation sites excluding steroid dienone is 2. The fourth-order valence-electron chi connectivity index (χ4n) is 4.51. The molecule has 2 aliphatic rings. The molecule has 1 aromatic carbocycles. The van der Waals surface area contributed by atoms with Gasteiger partial charge >= 0.3 is 5.97 Å².